The molecular formula is C13H17F3N2O. The van der Waals surface area contributed by atoms with Crippen molar-refractivity contribution in [3.05, 3.63) is 23.8 Å². The van der Waals surface area contributed by atoms with E-state index in [2.05, 4.69) is 5.32 Å². The van der Waals surface area contributed by atoms with E-state index in [9.17, 15) is 13.2 Å². The van der Waals surface area contributed by atoms with Gasteiger partial charge in [-0.2, -0.15) is 13.2 Å². The lowest BCUT2D eigenvalue weighted by atomic mass is 10.1. The normalized spacial score (nSPS) is 19.6. The fourth-order valence-electron chi connectivity index (χ4n) is 2.12. The van der Waals surface area contributed by atoms with E-state index in [1.165, 1.54) is 6.07 Å². The van der Waals surface area contributed by atoms with Crippen LogP contribution < -0.4 is 11.1 Å². The molecule has 1 atom stereocenters. The van der Waals surface area contributed by atoms with Crippen LogP contribution in [0.15, 0.2) is 18.2 Å². The highest BCUT2D eigenvalue weighted by molar-refractivity contribution is 5.67. The average Bonchev–Trinajstić information content (AvgIpc) is 2.83. The Morgan fingerprint density at radius 1 is 1.37 bits per heavy atom. The molecule has 0 radical (unpaired) electrons. The molecule has 3 nitrogen and oxygen atoms in total. The highest BCUT2D eigenvalue weighted by atomic mass is 19.4. The van der Waals surface area contributed by atoms with Gasteiger partial charge in [-0.15, -0.1) is 0 Å². The van der Waals surface area contributed by atoms with Gasteiger partial charge in [0.15, 0.2) is 0 Å². The summed E-state index contributed by atoms with van der Waals surface area (Å²) in [6.07, 6.45) is -2.38. The van der Waals surface area contributed by atoms with E-state index in [0.29, 0.717) is 18.2 Å². The second-order valence-electron chi connectivity index (χ2n) is 4.74. The molecule has 1 aliphatic heterocycles. The molecule has 19 heavy (non-hydrogen) atoms. The van der Waals surface area contributed by atoms with Crippen molar-refractivity contribution in [1.29, 1.82) is 0 Å². The zero-order valence-corrected chi connectivity index (χ0v) is 10.5. The molecule has 3 N–H and O–H groups in total. The molecule has 1 heterocycles. The van der Waals surface area contributed by atoms with Gasteiger partial charge in [0.25, 0.3) is 0 Å². The molecule has 0 spiro atoms. The minimum absolute atomic E-state index is 0.123. The first-order valence-corrected chi connectivity index (χ1v) is 6.25. The van der Waals surface area contributed by atoms with Crippen molar-refractivity contribution < 1.29 is 17.9 Å². The Kier molecular flexibility index (Phi) is 4.19. The quantitative estimate of drug-likeness (QED) is 0.829. The first-order valence-electron chi connectivity index (χ1n) is 6.25. The van der Waals surface area contributed by atoms with Crippen LogP contribution >= 0.6 is 0 Å². The highest BCUT2D eigenvalue weighted by Gasteiger charge is 2.30. The van der Waals surface area contributed by atoms with Gasteiger partial charge in [-0.3, -0.25) is 0 Å². The van der Waals surface area contributed by atoms with Gasteiger partial charge in [0.05, 0.1) is 16.9 Å². The van der Waals surface area contributed by atoms with E-state index in [0.717, 1.165) is 38.2 Å². The van der Waals surface area contributed by atoms with Crippen molar-refractivity contribution in [2.24, 2.45) is 5.92 Å². The molecule has 1 fully saturated rings. The van der Waals surface area contributed by atoms with Crippen molar-refractivity contribution in [1.82, 2.24) is 0 Å². The van der Waals surface area contributed by atoms with Crippen LogP contribution in [0.25, 0.3) is 0 Å². The number of nitrogens with one attached hydrogen (secondary N) is 1. The number of hydrogen-bond donors (Lipinski definition) is 2. The minimum atomic E-state index is -4.35. The summed E-state index contributed by atoms with van der Waals surface area (Å²) in [5.41, 5.74) is 5.57. The molecule has 1 unspecified atom stereocenters. The maximum Gasteiger partial charge on any atom is 0.416 e. The Morgan fingerprint density at radius 3 is 2.74 bits per heavy atom. The summed E-state index contributed by atoms with van der Waals surface area (Å²) in [7, 11) is 0. The number of hydrogen-bond acceptors (Lipinski definition) is 3. The summed E-state index contributed by atoms with van der Waals surface area (Å²) in [6, 6.07) is 3.38. The number of alkyl halides is 3. The fourth-order valence-corrected chi connectivity index (χ4v) is 2.12. The Balaban J connectivity index is 1.90. The molecule has 1 saturated heterocycles. The van der Waals surface area contributed by atoms with Crippen molar-refractivity contribution in [3.8, 4) is 0 Å². The molecule has 0 bridgehead atoms. The van der Waals surface area contributed by atoms with E-state index < -0.39 is 11.7 Å². The van der Waals surface area contributed by atoms with Crippen LogP contribution in [0.3, 0.4) is 0 Å². The van der Waals surface area contributed by atoms with Gasteiger partial charge in [0, 0.05) is 19.8 Å². The zero-order chi connectivity index (χ0) is 13.9. The fraction of sp³-hybridized carbons (Fsp3) is 0.538. The molecule has 0 saturated carbocycles. The molecule has 1 aromatic carbocycles. The summed E-state index contributed by atoms with van der Waals surface area (Å²) >= 11 is 0. The van der Waals surface area contributed by atoms with Gasteiger partial charge < -0.3 is 15.8 Å². The zero-order valence-electron chi connectivity index (χ0n) is 10.5. The van der Waals surface area contributed by atoms with E-state index >= 15 is 0 Å². The maximum absolute atomic E-state index is 12.5. The van der Waals surface area contributed by atoms with Crippen LogP contribution in [0.1, 0.15) is 18.4 Å². The summed E-state index contributed by atoms with van der Waals surface area (Å²) in [6.45, 7) is 2.25. The molecule has 0 amide bonds. The molecule has 0 aromatic heterocycles. The van der Waals surface area contributed by atoms with Crippen LogP contribution in [0, 0.1) is 5.92 Å². The van der Waals surface area contributed by atoms with Crippen molar-refractivity contribution >= 4 is 11.4 Å². The number of nitrogens with two attached hydrogens (primary N) is 1. The second-order valence-corrected chi connectivity index (χ2v) is 4.74. The van der Waals surface area contributed by atoms with Gasteiger partial charge in [-0.25, -0.2) is 0 Å². The predicted octanol–water partition coefficient (Wildman–Crippen LogP) is 3.13. The van der Waals surface area contributed by atoms with E-state index in [1.54, 1.807) is 0 Å². The van der Waals surface area contributed by atoms with Crippen molar-refractivity contribution in [2.75, 3.05) is 30.8 Å². The lowest BCUT2D eigenvalue weighted by molar-refractivity contribution is -0.137. The average molecular weight is 274 g/mol. The molecule has 0 aliphatic carbocycles. The maximum atomic E-state index is 12.5. The molecule has 106 valence electrons. The van der Waals surface area contributed by atoms with Crippen LogP contribution in [0.5, 0.6) is 0 Å². The number of halogens is 3. The van der Waals surface area contributed by atoms with Gasteiger partial charge in [0.2, 0.25) is 0 Å². The number of nitrogen functional groups attached to an aromatic ring is 1. The molecular weight excluding hydrogens is 257 g/mol. The first-order chi connectivity index (χ1) is 8.97. The topological polar surface area (TPSA) is 47.3 Å². The predicted molar refractivity (Wildman–Crippen MR) is 67.9 cm³/mol. The van der Waals surface area contributed by atoms with E-state index in [4.69, 9.17) is 10.5 Å². The van der Waals surface area contributed by atoms with Crippen LogP contribution in [0.4, 0.5) is 24.5 Å². The third-order valence-corrected chi connectivity index (χ3v) is 3.27. The smallest absolute Gasteiger partial charge is 0.397 e. The third kappa shape index (κ3) is 3.76. The number of ether oxygens (including phenoxy) is 1. The van der Waals surface area contributed by atoms with Gasteiger partial charge in [-0.05, 0) is 37.0 Å². The van der Waals surface area contributed by atoms with E-state index in [1.807, 2.05) is 0 Å². The Morgan fingerprint density at radius 2 is 2.16 bits per heavy atom. The highest BCUT2D eigenvalue weighted by Crippen LogP contribution is 2.32. The lowest BCUT2D eigenvalue weighted by Gasteiger charge is -2.13. The van der Waals surface area contributed by atoms with E-state index in [-0.39, 0.29) is 5.69 Å². The first kappa shape index (κ1) is 14.0. The monoisotopic (exact) mass is 274 g/mol. The van der Waals surface area contributed by atoms with Crippen LogP contribution in [0.2, 0.25) is 0 Å². The molecule has 6 heteroatoms. The largest absolute Gasteiger partial charge is 0.416 e. The summed E-state index contributed by atoms with van der Waals surface area (Å²) < 4.78 is 42.7. The molecule has 1 aromatic rings. The van der Waals surface area contributed by atoms with Gasteiger partial charge >= 0.3 is 6.18 Å². The van der Waals surface area contributed by atoms with Gasteiger partial charge in [0.1, 0.15) is 0 Å². The van der Waals surface area contributed by atoms with Crippen LogP contribution in [-0.2, 0) is 10.9 Å². The van der Waals surface area contributed by atoms with Crippen molar-refractivity contribution in [2.45, 2.75) is 19.0 Å². The summed E-state index contributed by atoms with van der Waals surface area (Å²) in [5, 5.41) is 3.07. The second kappa shape index (κ2) is 5.69. The Hall–Kier alpha value is -1.43. The number of rotatable bonds is 4. The number of benzene rings is 1. The summed E-state index contributed by atoms with van der Waals surface area (Å²) in [5.74, 6) is 0.531. The van der Waals surface area contributed by atoms with Crippen molar-refractivity contribution in [3.63, 3.8) is 0 Å². The minimum Gasteiger partial charge on any atom is -0.397 e. The Bertz CT molecular complexity index is 428. The third-order valence-electron chi connectivity index (χ3n) is 3.27. The standard InChI is InChI=1S/C13H17F3N2O/c14-13(15,16)10-1-2-12(11(17)7-10)18-5-3-9-4-6-19-8-9/h1-2,7,9,18H,3-6,8,17H2. The molecule has 2 rings (SSSR count). The molecule has 1 aliphatic rings. The Labute approximate surface area is 109 Å². The summed E-state index contributed by atoms with van der Waals surface area (Å²) in [4.78, 5) is 0. The SMILES string of the molecule is Nc1cc(C(F)(F)F)ccc1NCCC1CCOC1. The van der Waals surface area contributed by atoms with Gasteiger partial charge in [-0.1, -0.05) is 0 Å². The lowest BCUT2D eigenvalue weighted by Crippen LogP contribution is -2.11. The van der Waals surface area contributed by atoms with Crippen LogP contribution in [-0.4, -0.2) is 19.8 Å². The number of anilines is 2.